The van der Waals surface area contributed by atoms with E-state index < -0.39 is 136 Å². The lowest BCUT2D eigenvalue weighted by molar-refractivity contribution is -0.374. The molecule has 3 heterocycles. The molecule has 4 aliphatic rings. The first-order chi connectivity index (χ1) is 20.7. The van der Waals surface area contributed by atoms with Gasteiger partial charge >= 0.3 is 0 Å². The van der Waals surface area contributed by atoms with Gasteiger partial charge in [-0.2, -0.15) is 0 Å². The van der Waals surface area contributed by atoms with Gasteiger partial charge in [0.05, 0.1) is 38.1 Å². The van der Waals surface area contributed by atoms with Crippen molar-refractivity contribution in [2.45, 2.75) is 136 Å². The number of hydrogen-bond donors (Lipinski definition) is 14. The second kappa shape index (κ2) is 14.6. The maximum Gasteiger partial charge on any atom is 0.187 e. The molecule has 258 valence electrons. The minimum Gasteiger partial charge on any atom is -0.394 e. The predicted octanol–water partition coefficient (Wildman–Crippen LogP) is -8.34. The third-order valence-electron chi connectivity index (χ3n) is 8.97. The van der Waals surface area contributed by atoms with Gasteiger partial charge in [-0.1, -0.05) is 0 Å². The van der Waals surface area contributed by atoms with Crippen LogP contribution in [0.5, 0.6) is 0 Å². The Morgan fingerprint density at radius 3 is 1.77 bits per heavy atom. The summed E-state index contributed by atoms with van der Waals surface area (Å²) in [6.45, 7) is -1.04. The molecule has 0 aromatic heterocycles. The number of nitrogens with one attached hydrogen (secondary N) is 1. The van der Waals surface area contributed by atoms with Crippen LogP contribution in [0.25, 0.3) is 0 Å². The Kier molecular flexibility index (Phi) is 11.9. The SMILES string of the molecule is C[C@H]1O[C@H](O[C@H]2[C@H](O)[C@@H](O)[C@@H](O[C@H]3[C@H](O)[C@@H](O)C(O)O[C@@H]3CO)O[C@@H]2CO)[C@H](O)[C@@H](O)[C@@H]1N[C@H]1CC[C@@H](O)[C@@](O)(CO)[C@H]1O. The van der Waals surface area contributed by atoms with E-state index in [2.05, 4.69) is 5.32 Å². The summed E-state index contributed by atoms with van der Waals surface area (Å²) < 4.78 is 27.4. The lowest BCUT2D eigenvalue weighted by atomic mass is 9.76. The van der Waals surface area contributed by atoms with Gasteiger partial charge in [-0.05, 0) is 19.8 Å². The van der Waals surface area contributed by atoms with E-state index in [9.17, 15) is 66.4 Å². The van der Waals surface area contributed by atoms with Crippen molar-refractivity contribution >= 4 is 0 Å². The van der Waals surface area contributed by atoms with E-state index in [-0.39, 0.29) is 12.8 Å². The number of ether oxygens (including phenoxy) is 5. The normalized spacial score (nSPS) is 53.9. The minimum absolute atomic E-state index is 0.0171. The van der Waals surface area contributed by atoms with Gasteiger partial charge in [0.25, 0.3) is 0 Å². The van der Waals surface area contributed by atoms with Crippen molar-refractivity contribution in [3.05, 3.63) is 0 Å². The molecule has 19 atom stereocenters. The Morgan fingerprint density at radius 2 is 1.20 bits per heavy atom. The minimum atomic E-state index is -2.22. The van der Waals surface area contributed by atoms with Crippen molar-refractivity contribution in [2.24, 2.45) is 0 Å². The summed E-state index contributed by atoms with van der Waals surface area (Å²) in [6.07, 6.45) is -25.9. The molecule has 3 aliphatic heterocycles. The van der Waals surface area contributed by atoms with Crippen LogP contribution in [0.2, 0.25) is 0 Å². The van der Waals surface area contributed by atoms with E-state index >= 15 is 0 Å². The van der Waals surface area contributed by atoms with Crippen LogP contribution >= 0.6 is 0 Å². The van der Waals surface area contributed by atoms with E-state index in [4.69, 9.17) is 23.7 Å². The monoisotopic (exact) mass is 647 g/mol. The van der Waals surface area contributed by atoms with Crippen LogP contribution < -0.4 is 5.32 Å². The molecule has 0 spiro atoms. The molecule has 44 heavy (non-hydrogen) atoms. The van der Waals surface area contributed by atoms with Crippen molar-refractivity contribution in [1.82, 2.24) is 5.32 Å². The Balaban J connectivity index is 1.41. The molecule has 19 heteroatoms. The van der Waals surface area contributed by atoms with Gasteiger partial charge in [0.15, 0.2) is 18.9 Å². The highest BCUT2D eigenvalue weighted by Crippen LogP contribution is 2.34. The molecule has 4 fully saturated rings. The maximum atomic E-state index is 10.9. The number of hydrogen-bond acceptors (Lipinski definition) is 19. The lowest BCUT2D eigenvalue weighted by Crippen LogP contribution is -2.71. The number of rotatable bonds is 9. The van der Waals surface area contributed by atoms with Gasteiger partial charge in [-0.25, -0.2) is 0 Å². The maximum absolute atomic E-state index is 10.9. The Bertz CT molecular complexity index is 918. The average molecular weight is 648 g/mol. The highest BCUT2D eigenvalue weighted by atomic mass is 16.7. The summed E-state index contributed by atoms with van der Waals surface area (Å²) in [6, 6.07) is -1.97. The van der Waals surface area contributed by atoms with Crippen LogP contribution in [-0.2, 0) is 23.7 Å². The molecular formula is C25H45NO18. The molecule has 0 radical (unpaired) electrons. The summed E-state index contributed by atoms with van der Waals surface area (Å²) in [5.41, 5.74) is -2.22. The smallest absolute Gasteiger partial charge is 0.187 e. The van der Waals surface area contributed by atoms with Crippen LogP contribution in [-0.4, -0.2) is 202 Å². The molecule has 1 saturated carbocycles. The van der Waals surface area contributed by atoms with Gasteiger partial charge in [0, 0.05) is 6.04 Å². The molecule has 1 unspecified atom stereocenters. The van der Waals surface area contributed by atoms with Crippen LogP contribution in [0.1, 0.15) is 19.8 Å². The van der Waals surface area contributed by atoms with Crippen LogP contribution in [0, 0.1) is 0 Å². The van der Waals surface area contributed by atoms with Crippen molar-refractivity contribution in [3.63, 3.8) is 0 Å². The lowest BCUT2D eigenvalue weighted by Gasteiger charge is -2.49. The van der Waals surface area contributed by atoms with Gasteiger partial charge in [0.1, 0.15) is 72.7 Å². The summed E-state index contributed by atoms with van der Waals surface area (Å²) >= 11 is 0. The Hall–Kier alpha value is -0.760. The molecule has 1 aliphatic carbocycles. The third kappa shape index (κ3) is 6.78. The first-order valence-electron chi connectivity index (χ1n) is 14.4. The molecule has 0 amide bonds. The van der Waals surface area contributed by atoms with Crippen molar-refractivity contribution in [3.8, 4) is 0 Å². The van der Waals surface area contributed by atoms with E-state index in [0.717, 1.165) is 0 Å². The second-order valence-electron chi connectivity index (χ2n) is 11.8. The van der Waals surface area contributed by atoms with E-state index in [1.165, 1.54) is 6.92 Å². The van der Waals surface area contributed by atoms with Crippen LogP contribution in [0.4, 0.5) is 0 Å². The Labute approximate surface area is 251 Å². The summed E-state index contributed by atoms with van der Waals surface area (Å²) in [5, 5.41) is 136. The van der Waals surface area contributed by atoms with Gasteiger partial charge in [0.2, 0.25) is 0 Å². The fourth-order valence-electron chi connectivity index (χ4n) is 6.16. The van der Waals surface area contributed by atoms with Gasteiger partial charge in [-0.3, -0.25) is 0 Å². The number of aliphatic hydroxyl groups is 13. The molecule has 19 nitrogen and oxygen atoms in total. The van der Waals surface area contributed by atoms with Crippen molar-refractivity contribution < 1.29 is 90.1 Å². The van der Waals surface area contributed by atoms with Crippen LogP contribution in [0.3, 0.4) is 0 Å². The highest BCUT2D eigenvalue weighted by molar-refractivity contribution is 5.05. The third-order valence-corrected chi connectivity index (χ3v) is 8.97. The van der Waals surface area contributed by atoms with Crippen LogP contribution in [0.15, 0.2) is 0 Å². The molecule has 0 aromatic carbocycles. The van der Waals surface area contributed by atoms with Crippen molar-refractivity contribution in [2.75, 3.05) is 19.8 Å². The largest absolute Gasteiger partial charge is 0.394 e. The van der Waals surface area contributed by atoms with Gasteiger partial charge in [-0.15, -0.1) is 0 Å². The fourth-order valence-corrected chi connectivity index (χ4v) is 6.16. The molecule has 0 bridgehead atoms. The average Bonchev–Trinajstić information content (AvgIpc) is 3.00. The first-order valence-corrected chi connectivity index (χ1v) is 14.4. The van der Waals surface area contributed by atoms with Crippen molar-refractivity contribution in [1.29, 1.82) is 0 Å². The topological polar surface area (TPSA) is 321 Å². The highest BCUT2D eigenvalue weighted by Gasteiger charge is 2.55. The number of aliphatic hydroxyl groups excluding tert-OH is 12. The fraction of sp³-hybridized carbons (Fsp3) is 1.00. The summed E-state index contributed by atoms with van der Waals surface area (Å²) in [4.78, 5) is 0. The summed E-state index contributed by atoms with van der Waals surface area (Å²) in [7, 11) is 0. The van der Waals surface area contributed by atoms with E-state index in [0.29, 0.717) is 0 Å². The Morgan fingerprint density at radius 1 is 0.682 bits per heavy atom. The molecule has 3 saturated heterocycles. The zero-order chi connectivity index (χ0) is 32.7. The quantitative estimate of drug-likeness (QED) is 0.110. The summed E-state index contributed by atoms with van der Waals surface area (Å²) in [5.74, 6) is 0. The molecule has 14 N–H and O–H groups in total. The standard InChI is InChI=1S/C25H45NO18/c1-7-12(26-8-2-3-11(30)25(39,6-29)21(8)37)13(31)17(35)23(40-7)43-20-10(5-28)42-24(18(36)15(20)33)44-19-9(4-27)41-22(38)16(34)14(19)32/h7-24,26-39H,2-6H2,1H3/t7-,8+,9-,10-,11-,12-,13+,14-,15-,16-,17-,18-,19-,20-,21+,22?,23-,24-,25+/m1/s1. The molecular weight excluding hydrogens is 602 g/mol. The molecule has 0 aromatic rings. The van der Waals surface area contributed by atoms with E-state index in [1.807, 2.05) is 0 Å². The van der Waals surface area contributed by atoms with E-state index in [1.54, 1.807) is 0 Å². The zero-order valence-electron chi connectivity index (χ0n) is 23.8. The van der Waals surface area contributed by atoms with Gasteiger partial charge < -0.3 is 95.4 Å². The molecule has 4 rings (SSSR count). The second-order valence-corrected chi connectivity index (χ2v) is 11.8. The zero-order valence-corrected chi connectivity index (χ0v) is 23.8. The first kappa shape index (κ1) is 36.1. The predicted molar refractivity (Wildman–Crippen MR) is 138 cm³/mol.